The van der Waals surface area contributed by atoms with Gasteiger partial charge in [-0.05, 0) is 116 Å². The molecule has 1 atom stereocenters. The molecule has 0 aromatic rings. The van der Waals surface area contributed by atoms with Gasteiger partial charge in [-0.2, -0.15) is 0 Å². The van der Waals surface area contributed by atoms with Gasteiger partial charge in [0.15, 0.2) is 6.10 Å². The molecule has 6 nitrogen and oxygen atoms in total. The second-order valence-electron chi connectivity index (χ2n) is 21.3. The van der Waals surface area contributed by atoms with Crippen molar-refractivity contribution in [2.24, 2.45) is 0 Å². The van der Waals surface area contributed by atoms with E-state index in [9.17, 15) is 14.4 Å². The third-order valence-electron chi connectivity index (χ3n) is 13.9. The lowest BCUT2D eigenvalue weighted by atomic mass is 10.0. The Hall–Kier alpha value is -3.41. The number of esters is 3. The van der Waals surface area contributed by atoms with E-state index < -0.39 is 6.10 Å². The van der Waals surface area contributed by atoms with E-state index in [-0.39, 0.29) is 31.1 Å². The molecule has 75 heavy (non-hydrogen) atoms. The summed E-state index contributed by atoms with van der Waals surface area (Å²) in [6, 6.07) is 0. The van der Waals surface area contributed by atoms with E-state index in [0.717, 1.165) is 116 Å². The lowest BCUT2D eigenvalue weighted by molar-refractivity contribution is -0.167. The summed E-state index contributed by atoms with van der Waals surface area (Å²) in [5, 5.41) is 0. The smallest absolute Gasteiger partial charge is 0.306 e. The Kier molecular flexibility index (Phi) is 60.3. The zero-order valence-electron chi connectivity index (χ0n) is 49.6. The van der Waals surface area contributed by atoms with Gasteiger partial charge in [0.05, 0.1) is 0 Å². The van der Waals surface area contributed by atoms with Gasteiger partial charge < -0.3 is 14.2 Å². The van der Waals surface area contributed by atoms with Crippen molar-refractivity contribution < 1.29 is 28.6 Å². The van der Waals surface area contributed by atoms with Gasteiger partial charge in [0, 0.05) is 19.3 Å². The minimum atomic E-state index is -0.791. The summed E-state index contributed by atoms with van der Waals surface area (Å²) < 4.78 is 16.9. The standard InChI is InChI=1S/C69H120O6/c1-4-7-10-13-16-19-22-25-28-29-30-31-32-33-34-35-36-37-38-39-42-44-47-50-53-56-59-62-68(71)74-65-66(75-69(72)63-60-57-54-51-48-45-41-27-24-21-18-15-12-9-6-3)64-73-67(70)61-58-55-52-49-46-43-40-26-23-20-17-14-11-8-5-2/h9,12,18,21-22,25-27,29-30,32-33,40-41,66H,4-8,10-11,13-17,19-20,23-24,28,31,34-39,42-65H2,1-3H3/b12-9-,21-18-,25-22-,30-29-,33-32-,40-26-,41-27-. The van der Waals surface area contributed by atoms with Crippen molar-refractivity contribution >= 4 is 17.9 Å². The number of hydrogen-bond acceptors (Lipinski definition) is 6. The molecule has 0 aliphatic rings. The molecule has 432 valence electrons. The van der Waals surface area contributed by atoms with Gasteiger partial charge in [-0.15, -0.1) is 0 Å². The molecular weight excluding hydrogens is 925 g/mol. The van der Waals surface area contributed by atoms with Crippen LogP contribution in [0.4, 0.5) is 0 Å². The van der Waals surface area contributed by atoms with E-state index in [1.54, 1.807) is 0 Å². The van der Waals surface area contributed by atoms with Crippen molar-refractivity contribution in [3.63, 3.8) is 0 Å². The molecule has 0 fully saturated rings. The fourth-order valence-corrected chi connectivity index (χ4v) is 9.05. The van der Waals surface area contributed by atoms with Gasteiger partial charge in [-0.25, -0.2) is 0 Å². The molecule has 0 heterocycles. The van der Waals surface area contributed by atoms with Gasteiger partial charge in [0.25, 0.3) is 0 Å². The summed E-state index contributed by atoms with van der Waals surface area (Å²) >= 11 is 0. The summed E-state index contributed by atoms with van der Waals surface area (Å²) in [5.41, 5.74) is 0. The molecule has 0 saturated carbocycles. The molecule has 0 aliphatic carbocycles. The SMILES string of the molecule is CC/C=C\C/C=C\C/C=C\CCCCCCCC(=O)OC(COC(=O)CCCCCCC/C=C\CCCCCCCC)COC(=O)CCCCCCCCCCCCCC/C=C\C/C=C\C/C=C\CCCCCCC. The van der Waals surface area contributed by atoms with Crippen LogP contribution in [0.3, 0.4) is 0 Å². The normalized spacial score (nSPS) is 12.6. The highest BCUT2D eigenvalue weighted by atomic mass is 16.6. The first-order valence-corrected chi connectivity index (χ1v) is 32.1. The Labute approximate surface area is 465 Å². The molecule has 0 rings (SSSR count). The van der Waals surface area contributed by atoms with Crippen LogP contribution in [-0.2, 0) is 28.6 Å². The Balaban J connectivity index is 4.30. The van der Waals surface area contributed by atoms with Crippen LogP contribution in [0.1, 0.15) is 316 Å². The summed E-state index contributed by atoms with van der Waals surface area (Å²) in [6.07, 6.45) is 83.0. The Morgan fingerprint density at radius 3 is 0.827 bits per heavy atom. The highest BCUT2D eigenvalue weighted by Crippen LogP contribution is 2.16. The van der Waals surface area contributed by atoms with Crippen LogP contribution in [0.5, 0.6) is 0 Å². The van der Waals surface area contributed by atoms with Gasteiger partial charge >= 0.3 is 17.9 Å². The Bertz CT molecular complexity index is 1430. The van der Waals surface area contributed by atoms with Crippen molar-refractivity contribution in [3.05, 3.63) is 85.1 Å². The number of carbonyl (C=O) groups is 3. The quantitative estimate of drug-likeness (QED) is 0.0261. The predicted octanol–water partition coefficient (Wildman–Crippen LogP) is 21.9. The molecule has 0 N–H and O–H groups in total. The van der Waals surface area contributed by atoms with Gasteiger partial charge in [-0.1, -0.05) is 266 Å². The van der Waals surface area contributed by atoms with E-state index in [4.69, 9.17) is 14.2 Å². The molecule has 0 radical (unpaired) electrons. The highest BCUT2D eigenvalue weighted by Gasteiger charge is 2.19. The summed E-state index contributed by atoms with van der Waals surface area (Å²) in [5.74, 6) is -0.903. The minimum absolute atomic E-state index is 0.0861. The molecule has 0 aromatic heterocycles. The topological polar surface area (TPSA) is 78.9 Å². The van der Waals surface area contributed by atoms with E-state index in [2.05, 4.69) is 106 Å². The maximum Gasteiger partial charge on any atom is 0.306 e. The van der Waals surface area contributed by atoms with Crippen molar-refractivity contribution in [2.45, 2.75) is 322 Å². The van der Waals surface area contributed by atoms with Crippen LogP contribution in [0.2, 0.25) is 0 Å². The van der Waals surface area contributed by atoms with Crippen LogP contribution in [0.25, 0.3) is 0 Å². The molecule has 0 aromatic carbocycles. The molecule has 0 amide bonds. The third-order valence-corrected chi connectivity index (χ3v) is 13.9. The van der Waals surface area contributed by atoms with Crippen LogP contribution >= 0.6 is 0 Å². The third kappa shape index (κ3) is 61.3. The summed E-state index contributed by atoms with van der Waals surface area (Å²) in [4.78, 5) is 38.3. The number of allylic oxidation sites excluding steroid dienone is 14. The lowest BCUT2D eigenvalue weighted by Gasteiger charge is -2.18. The first-order chi connectivity index (χ1) is 37.0. The zero-order chi connectivity index (χ0) is 54.3. The molecule has 6 heteroatoms. The molecule has 0 bridgehead atoms. The van der Waals surface area contributed by atoms with E-state index in [0.29, 0.717) is 19.3 Å². The van der Waals surface area contributed by atoms with Gasteiger partial charge in [-0.3, -0.25) is 14.4 Å². The average Bonchev–Trinajstić information content (AvgIpc) is 3.41. The van der Waals surface area contributed by atoms with E-state index in [1.807, 2.05) is 0 Å². The van der Waals surface area contributed by atoms with Crippen LogP contribution in [-0.4, -0.2) is 37.2 Å². The number of ether oxygens (including phenoxy) is 3. The van der Waals surface area contributed by atoms with Gasteiger partial charge in [0.1, 0.15) is 13.2 Å². The molecular formula is C69H120O6. The zero-order valence-corrected chi connectivity index (χ0v) is 49.6. The fraction of sp³-hybridized carbons (Fsp3) is 0.754. The Morgan fingerprint density at radius 1 is 0.280 bits per heavy atom. The minimum Gasteiger partial charge on any atom is -0.462 e. The van der Waals surface area contributed by atoms with Crippen molar-refractivity contribution in [1.82, 2.24) is 0 Å². The van der Waals surface area contributed by atoms with Crippen molar-refractivity contribution in [3.8, 4) is 0 Å². The largest absolute Gasteiger partial charge is 0.462 e. The first kappa shape index (κ1) is 71.6. The molecule has 0 spiro atoms. The summed E-state index contributed by atoms with van der Waals surface area (Å²) in [6.45, 7) is 6.52. The second-order valence-corrected chi connectivity index (χ2v) is 21.3. The van der Waals surface area contributed by atoms with E-state index in [1.165, 1.54) is 161 Å². The highest BCUT2D eigenvalue weighted by molar-refractivity contribution is 5.71. The monoisotopic (exact) mass is 1040 g/mol. The van der Waals surface area contributed by atoms with Crippen LogP contribution < -0.4 is 0 Å². The van der Waals surface area contributed by atoms with Crippen molar-refractivity contribution in [2.75, 3.05) is 13.2 Å². The lowest BCUT2D eigenvalue weighted by Crippen LogP contribution is -2.30. The van der Waals surface area contributed by atoms with Crippen LogP contribution in [0.15, 0.2) is 85.1 Å². The number of unbranched alkanes of at least 4 members (excludes halogenated alkanes) is 33. The predicted molar refractivity (Wildman–Crippen MR) is 325 cm³/mol. The Morgan fingerprint density at radius 2 is 0.520 bits per heavy atom. The molecule has 1 unspecified atom stereocenters. The molecule has 0 aliphatic heterocycles. The average molecular weight is 1050 g/mol. The van der Waals surface area contributed by atoms with Crippen molar-refractivity contribution in [1.29, 1.82) is 0 Å². The maximum absolute atomic E-state index is 12.9. The number of carbonyl (C=O) groups excluding carboxylic acids is 3. The van der Waals surface area contributed by atoms with E-state index >= 15 is 0 Å². The second kappa shape index (κ2) is 63.1. The number of rotatable bonds is 58. The van der Waals surface area contributed by atoms with Crippen LogP contribution in [0, 0.1) is 0 Å². The summed E-state index contributed by atoms with van der Waals surface area (Å²) in [7, 11) is 0. The molecule has 0 saturated heterocycles. The number of hydrogen-bond donors (Lipinski definition) is 0. The van der Waals surface area contributed by atoms with Gasteiger partial charge in [0.2, 0.25) is 0 Å². The fourth-order valence-electron chi connectivity index (χ4n) is 9.05. The first-order valence-electron chi connectivity index (χ1n) is 32.1. The maximum atomic E-state index is 12.9.